The van der Waals surface area contributed by atoms with Gasteiger partial charge in [0.25, 0.3) is 0 Å². The summed E-state index contributed by atoms with van der Waals surface area (Å²) in [6, 6.07) is 7.45. The van der Waals surface area contributed by atoms with E-state index in [-0.39, 0.29) is 5.82 Å². The first-order valence-electron chi connectivity index (χ1n) is 5.56. The van der Waals surface area contributed by atoms with Crippen LogP contribution in [0.5, 0.6) is 0 Å². The van der Waals surface area contributed by atoms with E-state index < -0.39 is 0 Å². The van der Waals surface area contributed by atoms with Gasteiger partial charge in [0.2, 0.25) is 0 Å². The first-order chi connectivity index (χ1) is 7.34. The molecule has 1 nitrogen and oxygen atoms in total. The third-order valence-corrected chi connectivity index (χ3v) is 3.42. The van der Waals surface area contributed by atoms with Crippen molar-refractivity contribution in [2.45, 2.75) is 25.3 Å². The molecule has 3 rings (SSSR count). The van der Waals surface area contributed by atoms with Crippen molar-refractivity contribution in [3.8, 4) is 0 Å². The van der Waals surface area contributed by atoms with Crippen molar-refractivity contribution in [3.63, 3.8) is 0 Å². The van der Waals surface area contributed by atoms with E-state index in [0.717, 1.165) is 6.54 Å². The van der Waals surface area contributed by atoms with Gasteiger partial charge in [-0.2, -0.15) is 0 Å². The zero-order chi connectivity index (χ0) is 10.3. The van der Waals surface area contributed by atoms with Gasteiger partial charge in [-0.15, -0.1) is 0 Å². The number of hydrogen-bond donors (Lipinski definition) is 0. The van der Waals surface area contributed by atoms with Crippen molar-refractivity contribution >= 4 is 0 Å². The number of rotatable bonds is 1. The van der Waals surface area contributed by atoms with Gasteiger partial charge in [-0.3, -0.25) is 0 Å². The highest BCUT2D eigenvalue weighted by Crippen LogP contribution is 2.40. The first kappa shape index (κ1) is 8.96. The van der Waals surface area contributed by atoms with E-state index in [0.29, 0.717) is 6.04 Å². The fourth-order valence-corrected chi connectivity index (χ4v) is 2.70. The number of nitrogens with zero attached hydrogens (tertiary/aromatic N) is 1. The third kappa shape index (κ3) is 1.44. The summed E-state index contributed by atoms with van der Waals surface area (Å²) in [4.78, 5) is 2.47. The highest BCUT2D eigenvalue weighted by molar-refractivity contribution is 5.26. The smallest absolute Gasteiger partial charge is 0.123 e. The second kappa shape index (κ2) is 3.37. The van der Waals surface area contributed by atoms with Crippen LogP contribution in [0.3, 0.4) is 0 Å². The number of hydrogen-bond acceptors (Lipinski definition) is 1. The maximum Gasteiger partial charge on any atom is 0.123 e. The van der Waals surface area contributed by atoms with Crippen molar-refractivity contribution in [1.29, 1.82) is 0 Å². The monoisotopic (exact) mass is 203 g/mol. The van der Waals surface area contributed by atoms with Crippen LogP contribution in [0.4, 0.5) is 4.39 Å². The largest absolute Gasteiger partial charge is 0.368 e. The van der Waals surface area contributed by atoms with Crippen LogP contribution in [0.1, 0.15) is 30.9 Å². The van der Waals surface area contributed by atoms with Gasteiger partial charge in [0.05, 0.1) is 6.04 Å². The highest BCUT2D eigenvalue weighted by Gasteiger charge is 2.30. The topological polar surface area (TPSA) is 3.24 Å². The summed E-state index contributed by atoms with van der Waals surface area (Å²) in [6.07, 6.45) is 5.87. The number of benzene rings is 1. The van der Waals surface area contributed by atoms with Crippen molar-refractivity contribution in [1.82, 2.24) is 4.90 Å². The normalized spacial score (nSPS) is 24.2. The van der Waals surface area contributed by atoms with Crippen LogP contribution in [0.25, 0.3) is 0 Å². The standard InChI is InChI=1S/C13H14FN/c14-11-5-3-10(4-6-11)13-8-7-12-2-1-9-15(12)13/h2-6,13H,1,7-9H2/t13-/m1/s1. The Labute approximate surface area is 89.2 Å². The summed E-state index contributed by atoms with van der Waals surface area (Å²) in [5, 5.41) is 0. The van der Waals surface area contributed by atoms with Crippen molar-refractivity contribution < 1.29 is 4.39 Å². The average molecular weight is 203 g/mol. The molecule has 2 heterocycles. The summed E-state index contributed by atoms with van der Waals surface area (Å²) in [5.41, 5.74) is 2.74. The van der Waals surface area contributed by atoms with Crippen LogP contribution in [0.2, 0.25) is 0 Å². The van der Waals surface area contributed by atoms with Gasteiger partial charge < -0.3 is 4.90 Å². The molecular formula is C13H14FN. The van der Waals surface area contributed by atoms with Crippen LogP contribution in [-0.2, 0) is 0 Å². The predicted octanol–water partition coefficient (Wildman–Crippen LogP) is 3.25. The van der Waals surface area contributed by atoms with E-state index in [9.17, 15) is 4.39 Å². The van der Waals surface area contributed by atoms with Crippen molar-refractivity contribution in [3.05, 3.63) is 47.4 Å². The van der Waals surface area contributed by atoms with E-state index in [1.807, 2.05) is 12.1 Å². The summed E-state index contributed by atoms with van der Waals surface area (Å²) in [6.45, 7) is 1.14. The molecule has 0 aromatic heterocycles. The van der Waals surface area contributed by atoms with E-state index >= 15 is 0 Å². The Balaban J connectivity index is 1.89. The maximum atomic E-state index is 12.8. The quantitative estimate of drug-likeness (QED) is 0.677. The van der Waals surface area contributed by atoms with Crippen molar-refractivity contribution in [2.75, 3.05) is 6.54 Å². The lowest BCUT2D eigenvalue weighted by molar-refractivity contribution is 0.322. The van der Waals surface area contributed by atoms with Gasteiger partial charge in [0.1, 0.15) is 5.82 Å². The van der Waals surface area contributed by atoms with Crippen LogP contribution >= 0.6 is 0 Å². The Morgan fingerprint density at radius 3 is 2.80 bits per heavy atom. The number of fused-ring (bicyclic) bond motifs is 1. The second-order valence-corrected chi connectivity index (χ2v) is 4.28. The second-order valence-electron chi connectivity index (χ2n) is 4.28. The molecule has 0 saturated carbocycles. The minimum absolute atomic E-state index is 0.145. The van der Waals surface area contributed by atoms with Gasteiger partial charge in [-0.1, -0.05) is 18.2 Å². The Bertz CT molecular complexity index is 394. The van der Waals surface area contributed by atoms with E-state index in [1.54, 1.807) is 12.1 Å². The minimum atomic E-state index is -0.145. The molecule has 0 amide bonds. The zero-order valence-electron chi connectivity index (χ0n) is 8.62. The van der Waals surface area contributed by atoms with Gasteiger partial charge >= 0.3 is 0 Å². The molecule has 0 unspecified atom stereocenters. The lowest BCUT2D eigenvalue weighted by Gasteiger charge is -2.24. The van der Waals surface area contributed by atoms with Crippen LogP contribution in [0, 0.1) is 5.82 Å². The molecular weight excluding hydrogens is 189 g/mol. The number of allylic oxidation sites excluding steroid dienone is 1. The Morgan fingerprint density at radius 2 is 2.00 bits per heavy atom. The first-order valence-corrected chi connectivity index (χ1v) is 5.56. The van der Waals surface area contributed by atoms with Gasteiger partial charge in [0, 0.05) is 12.2 Å². The SMILES string of the molecule is Fc1ccc([C@H]2CCC3=CCCN32)cc1. The average Bonchev–Trinajstić information content (AvgIpc) is 2.80. The molecule has 0 N–H and O–H groups in total. The summed E-state index contributed by atoms with van der Waals surface area (Å²) < 4.78 is 12.8. The molecule has 0 aliphatic carbocycles. The summed E-state index contributed by atoms with van der Waals surface area (Å²) >= 11 is 0. The van der Waals surface area contributed by atoms with Crippen LogP contribution in [-0.4, -0.2) is 11.4 Å². The molecule has 78 valence electrons. The Morgan fingerprint density at radius 1 is 1.20 bits per heavy atom. The summed E-state index contributed by atoms with van der Waals surface area (Å²) in [7, 11) is 0. The lowest BCUT2D eigenvalue weighted by atomic mass is 10.0. The molecule has 2 heteroatoms. The fourth-order valence-electron chi connectivity index (χ4n) is 2.70. The molecule has 0 radical (unpaired) electrons. The molecule has 1 atom stereocenters. The van der Waals surface area contributed by atoms with E-state index in [4.69, 9.17) is 0 Å². The Kier molecular flexibility index (Phi) is 2.01. The molecule has 2 aliphatic rings. The summed E-state index contributed by atoms with van der Waals surface area (Å²) in [5.74, 6) is -0.145. The van der Waals surface area contributed by atoms with Crippen LogP contribution in [0.15, 0.2) is 36.0 Å². The van der Waals surface area contributed by atoms with Crippen LogP contribution < -0.4 is 0 Å². The third-order valence-electron chi connectivity index (χ3n) is 3.42. The molecule has 1 fully saturated rings. The minimum Gasteiger partial charge on any atom is -0.368 e. The fraction of sp³-hybridized carbons (Fsp3) is 0.385. The predicted molar refractivity (Wildman–Crippen MR) is 57.8 cm³/mol. The molecule has 1 aromatic carbocycles. The van der Waals surface area contributed by atoms with E-state index in [2.05, 4.69) is 11.0 Å². The zero-order valence-corrected chi connectivity index (χ0v) is 8.62. The van der Waals surface area contributed by atoms with Gasteiger partial charge in [-0.25, -0.2) is 4.39 Å². The molecule has 1 aromatic rings. The molecule has 2 aliphatic heterocycles. The molecule has 0 spiro atoms. The van der Waals surface area contributed by atoms with Gasteiger partial charge in [0.15, 0.2) is 0 Å². The molecule has 1 saturated heterocycles. The number of halogens is 1. The van der Waals surface area contributed by atoms with Crippen molar-refractivity contribution in [2.24, 2.45) is 0 Å². The maximum absolute atomic E-state index is 12.8. The van der Waals surface area contributed by atoms with E-state index in [1.165, 1.54) is 30.5 Å². The lowest BCUT2D eigenvalue weighted by Crippen LogP contribution is -2.19. The highest BCUT2D eigenvalue weighted by atomic mass is 19.1. The Hall–Kier alpha value is -1.31. The molecule has 15 heavy (non-hydrogen) atoms. The van der Waals surface area contributed by atoms with Gasteiger partial charge in [-0.05, 0) is 37.0 Å². The molecule has 0 bridgehead atoms.